The maximum atomic E-state index is 13.5. The summed E-state index contributed by atoms with van der Waals surface area (Å²) in [4.78, 5) is 37.9. The molecular weight excluding hydrogens is 562 g/mol. The number of anilines is 1. The number of hydrogen-bond donors (Lipinski definition) is 2. The Morgan fingerprint density at radius 2 is 1.78 bits per heavy atom. The minimum Gasteiger partial charge on any atom is -0.495 e. The SMILES string of the molecule is COCCC(C(=O)Nc1ccc(C(=O)O)cc1)n1cc(OC)c(-c2cc(Cl)ccc2-c2cnn(C(F)F)c2)cc1=O. The van der Waals surface area contributed by atoms with Crippen LogP contribution in [0.4, 0.5) is 14.5 Å². The zero-order chi connectivity index (χ0) is 29.7. The topological polar surface area (TPSA) is 125 Å². The van der Waals surface area contributed by atoms with Crippen molar-refractivity contribution in [3.63, 3.8) is 0 Å². The van der Waals surface area contributed by atoms with Gasteiger partial charge in [0.2, 0.25) is 5.91 Å². The van der Waals surface area contributed by atoms with E-state index in [-0.39, 0.29) is 24.3 Å². The lowest BCUT2D eigenvalue weighted by molar-refractivity contribution is -0.119. The summed E-state index contributed by atoms with van der Waals surface area (Å²) in [5.41, 5.74) is 1.46. The molecule has 0 saturated heterocycles. The smallest absolute Gasteiger partial charge is 0.335 e. The Morgan fingerprint density at radius 1 is 1.05 bits per heavy atom. The molecule has 2 N–H and O–H groups in total. The molecule has 1 unspecified atom stereocenters. The van der Waals surface area contributed by atoms with Crippen LogP contribution in [-0.2, 0) is 9.53 Å². The Labute approximate surface area is 237 Å². The van der Waals surface area contributed by atoms with Gasteiger partial charge in [0.05, 0.1) is 25.1 Å². The highest BCUT2D eigenvalue weighted by molar-refractivity contribution is 6.31. The summed E-state index contributed by atoms with van der Waals surface area (Å²) in [6, 6.07) is 10.6. The number of pyridine rings is 1. The quantitative estimate of drug-likeness (QED) is 0.243. The average Bonchev–Trinajstić information content (AvgIpc) is 3.44. The van der Waals surface area contributed by atoms with Crippen LogP contribution in [0.2, 0.25) is 5.02 Å². The summed E-state index contributed by atoms with van der Waals surface area (Å²) >= 11 is 6.27. The van der Waals surface area contributed by atoms with E-state index < -0.39 is 30.0 Å². The molecule has 10 nitrogen and oxygen atoms in total. The van der Waals surface area contributed by atoms with Gasteiger partial charge >= 0.3 is 12.5 Å². The van der Waals surface area contributed by atoms with Crippen molar-refractivity contribution in [1.82, 2.24) is 14.3 Å². The number of aromatic carboxylic acids is 1. The monoisotopic (exact) mass is 586 g/mol. The van der Waals surface area contributed by atoms with Gasteiger partial charge in [0.1, 0.15) is 11.8 Å². The van der Waals surface area contributed by atoms with E-state index in [1.54, 1.807) is 18.2 Å². The molecule has 0 aliphatic heterocycles. The second-order valence-corrected chi connectivity index (χ2v) is 9.28. The number of amides is 1. The number of hydrogen-bond acceptors (Lipinski definition) is 6. The number of aromatic nitrogens is 3. The van der Waals surface area contributed by atoms with E-state index in [9.17, 15) is 23.2 Å². The first-order valence-electron chi connectivity index (χ1n) is 12.2. The molecule has 4 rings (SSSR count). The van der Waals surface area contributed by atoms with Crippen LogP contribution < -0.4 is 15.6 Å². The molecule has 4 aromatic rings. The van der Waals surface area contributed by atoms with Crippen LogP contribution in [0.5, 0.6) is 5.75 Å². The lowest BCUT2D eigenvalue weighted by atomic mass is 9.96. The second kappa shape index (κ2) is 12.7. The number of halogens is 3. The first-order chi connectivity index (χ1) is 19.6. The van der Waals surface area contributed by atoms with E-state index in [0.29, 0.717) is 37.6 Å². The summed E-state index contributed by atoms with van der Waals surface area (Å²) in [5.74, 6) is -1.43. The van der Waals surface area contributed by atoms with E-state index in [1.165, 1.54) is 67.7 Å². The number of carboxylic acid groups (broad SMARTS) is 1. The van der Waals surface area contributed by atoms with Crippen molar-refractivity contribution >= 4 is 29.2 Å². The second-order valence-electron chi connectivity index (χ2n) is 8.85. The van der Waals surface area contributed by atoms with E-state index in [0.717, 1.165) is 0 Å². The molecular formula is C28H25ClF2N4O6. The zero-order valence-electron chi connectivity index (χ0n) is 21.9. The number of rotatable bonds is 11. The molecule has 1 atom stereocenters. The predicted molar refractivity (Wildman–Crippen MR) is 148 cm³/mol. The van der Waals surface area contributed by atoms with E-state index in [4.69, 9.17) is 26.2 Å². The molecule has 0 radical (unpaired) electrons. The van der Waals surface area contributed by atoms with Crippen LogP contribution in [0.3, 0.4) is 0 Å². The number of carbonyl (C=O) groups excluding carboxylic acids is 1. The Morgan fingerprint density at radius 3 is 2.39 bits per heavy atom. The maximum Gasteiger partial charge on any atom is 0.335 e. The third kappa shape index (κ3) is 6.61. The summed E-state index contributed by atoms with van der Waals surface area (Å²) in [6.45, 7) is -2.68. The van der Waals surface area contributed by atoms with E-state index in [2.05, 4.69) is 10.4 Å². The fourth-order valence-electron chi connectivity index (χ4n) is 4.27. The number of ether oxygens (including phenoxy) is 2. The fourth-order valence-corrected chi connectivity index (χ4v) is 4.44. The van der Waals surface area contributed by atoms with E-state index in [1.807, 2.05) is 0 Å². The lowest BCUT2D eigenvalue weighted by Crippen LogP contribution is -2.34. The number of methoxy groups -OCH3 is 2. The third-order valence-electron chi connectivity index (χ3n) is 6.28. The van der Waals surface area contributed by atoms with Crippen molar-refractivity contribution in [2.24, 2.45) is 0 Å². The largest absolute Gasteiger partial charge is 0.495 e. The zero-order valence-corrected chi connectivity index (χ0v) is 22.6. The van der Waals surface area contributed by atoms with Crippen molar-refractivity contribution in [3.05, 3.63) is 88.1 Å². The number of nitrogens with zero attached hydrogens (tertiary/aromatic N) is 3. The van der Waals surface area contributed by atoms with Gasteiger partial charge in [-0.25, -0.2) is 9.48 Å². The van der Waals surface area contributed by atoms with Gasteiger partial charge in [0.25, 0.3) is 5.56 Å². The highest BCUT2D eigenvalue weighted by atomic mass is 35.5. The van der Waals surface area contributed by atoms with Gasteiger partial charge in [-0.2, -0.15) is 13.9 Å². The number of benzene rings is 2. The van der Waals surface area contributed by atoms with Crippen LogP contribution in [0.25, 0.3) is 22.3 Å². The first kappa shape index (κ1) is 29.4. The van der Waals surface area contributed by atoms with Crippen molar-refractivity contribution in [1.29, 1.82) is 0 Å². The highest BCUT2D eigenvalue weighted by Gasteiger charge is 2.25. The first-order valence-corrected chi connectivity index (χ1v) is 12.6. The van der Waals surface area contributed by atoms with Crippen molar-refractivity contribution in [2.75, 3.05) is 26.1 Å². The number of carboxylic acids is 1. The minimum atomic E-state index is -2.83. The summed E-state index contributed by atoms with van der Waals surface area (Å²) in [6.07, 6.45) is 3.98. The highest BCUT2D eigenvalue weighted by Crippen LogP contribution is 2.38. The Bertz CT molecular complexity index is 1620. The van der Waals surface area contributed by atoms with E-state index >= 15 is 0 Å². The standard InChI is InChI=1S/C28H25ClF2N4O6/c1-40-10-9-23(26(37)33-19-6-3-16(4-7-19)27(38)39)34-15-24(41-2)22(12-25(34)36)21-11-18(29)5-8-20(21)17-13-32-35(14-17)28(30)31/h3-8,11-15,23,28H,9-10H2,1-2H3,(H,33,37)(H,38,39). The molecule has 214 valence electrons. The minimum absolute atomic E-state index is 0.0532. The molecule has 0 aliphatic carbocycles. The molecule has 2 aromatic heterocycles. The molecule has 2 heterocycles. The van der Waals surface area contributed by atoms with Crippen molar-refractivity contribution in [3.8, 4) is 28.0 Å². The van der Waals surface area contributed by atoms with Crippen LogP contribution >= 0.6 is 11.6 Å². The van der Waals surface area contributed by atoms with Gasteiger partial charge in [-0.15, -0.1) is 0 Å². The van der Waals surface area contributed by atoms with Crippen molar-refractivity contribution < 1.29 is 33.0 Å². The van der Waals surface area contributed by atoms with Crippen LogP contribution in [0.15, 0.2) is 71.9 Å². The summed E-state index contributed by atoms with van der Waals surface area (Å²) < 4.78 is 38.8. The lowest BCUT2D eigenvalue weighted by Gasteiger charge is -2.21. The Balaban J connectivity index is 1.75. The molecule has 0 saturated carbocycles. The molecule has 41 heavy (non-hydrogen) atoms. The van der Waals surface area contributed by atoms with Crippen molar-refractivity contribution in [2.45, 2.75) is 19.0 Å². The van der Waals surface area contributed by atoms with Gasteiger partial charge in [-0.1, -0.05) is 17.7 Å². The molecule has 0 spiro atoms. The maximum absolute atomic E-state index is 13.5. The van der Waals surface area contributed by atoms with Gasteiger partial charge in [0, 0.05) is 54.2 Å². The molecule has 0 fully saturated rings. The van der Waals surface area contributed by atoms with Crippen LogP contribution in [0.1, 0.15) is 29.4 Å². The number of alkyl halides is 2. The molecule has 0 aliphatic rings. The predicted octanol–water partition coefficient (Wildman–Crippen LogP) is 5.35. The van der Waals surface area contributed by atoms with Crippen LogP contribution in [-0.4, -0.2) is 52.2 Å². The average molecular weight is 587 g/mol. The molecule has 0 bridgehead atoms. The summed E-state index contributed by atoms with van der Waals surface area (Å²) in [7, 11) is 2.85. The Hall–Kier alpha value is -4.55. The number of carbonyl (C=O) groups is 2. The van der Waals surface area contributed by atoms with Gasteiger partial charge in [-0.3, -0.25) is 14.2 Å². The fraction of sp³-hybridized carbons (Fsp3) is 0.214. The molecule has 1 amide bonds. The molecule has 2 aromatic carbocycles. The Kier molecular flexibility index (Phi) is 9.15. The third-order valence-corrected chi connectivity index (χ3v) is 6.52. The summed E-state index contributed by atoms with van der Waals surface area (Å²) in [5, 5.41) is 15.8. The van der Waals surface area contributed by atoms with Gasteiger partial charge in [-0.05, 0) is 47.5 Å². The normalized spacial score (nSPS) is 11.9. The van der Waals surface area contributed by atoms with Gasteiger partial charge in [0.15, 0.2) is 0 Å². The molecule has 13 heteroatoms. The number of nitrogens with one attached hydrogen (secondary N) is 1. The van der Waals surface area contributed by atoms with Gasteiger partial charge < -0.3 is 19.9 Å². The van der Waals surface area contributed by atoms with Crippen LogP contribution in [0, 0.1) is 0 Å².